The highest BCUT2D eigenvalue weighted by Crippen LogP contribution is 2.34. The molecule has 0 aromatic heterocycles. The molecule has 0 spiro atoms. The topological polar surface area (TPSA) is 15.3 Å². The molecule has 1 unspecified atom stereocenters. The lowest BCUT2D eigenvalue weighted by Gasteiger charge is -2.34. The quantitative estimate of drug-likeness (QED) is 0.887. The van der Waals surface area contributed by atoms with Crippen molar-refractivity contribution in [3.8, 4) is 0 Å². The molecule has 1 saturated carbocycles. The van der Waals surface area contributed by atoms with Crippen LogP contribution in [0.3, 0.4) is 0 Å². The van der Waals surface area contributed by atoms with Crippen LogP contribution in [0.2, 0.25) is 5.02 Å². The van der Waals surface area contributed by atoms with E-state index < -0.39 is 0 Å². The van der Waals surface area contributed by atoms with Gasteiger partial charge in [-0.05, 0) is 30.4 Å². The summed E-state index contributed by atoms with van der Waals surface area (Å²) < 4.78 is 0. The molecule has 1 aromatic rings. The van der Waals surface area contributed by atoms with Gasteiger partial charge in [-0.1, -0.05) is 29.8 Å². The summed E-state index contributed by atoms with van der Waals surface area (Å²) in [5, 5.41) is 4.53. The average molecular weight is 251 g/mol. The van der Waals surface area contributed by atoms with E-state index in [-0.39, 0.29) is 0 Å². The minimum absolute atomic E-state index is 0.714. The zero-order valence-electron chi connectivity index (χ0n) is 10.0. The molecule has 0 amide bonds. The molecule has 17 heavy (non-hydrogen) atoms. The Kier molecular flexibility index (Phi) is 3.37. The minimum atomic E-state index is 0.714. The van der Waals surface area contributed by atoms with E-state index in [0.29, 0.717) is 6.04 Å². The van der Waals surface area contributed by atoms with Gasteiger partial charge in [0.25, 0.3) is 0 Å². The third kappa shape index (κ3) is 2.82. The number of piperazine rings is 1. The summed E-state index contributed by atoms with van der Waals surface area (Å²) in [4.78, 5) is 2.53. The molecule has 0 bridgehead atoms. The molecule has 3 rings (SSSR count). The van der Waals surface area contributed by atoms with E-state index >= 15 is 0 Å². The monoisotopic (exact) mass is 250 g/mol. The maximum atomic E-state index is 6.21. The molecule has 0 radical (unpaired) electrons. The number of hydrogen-bond acceptors (Lipinski definition) is 2. The summed E-state index contributed by atoms with van der Waals surface area (Å²) in [6, 6.07) is 8.90. The molecule has 1 heterocycles. The van der Waals surface area contributed by atoms with Crippen molar-refractivity contribution < 1.29 is 0 Å². The van der Waals surface area contributed by atoms with Crippen LogP contribution in [0, 0.1) is 5.92 Å². The SMILES string of the molecule is Clc1ccccc1CN1CCNC(C2CC2)C1. The molecule has 1 aliphatic carbocycles. The van der Waals surface area contributed by atoms with Crippen molar-refractivity contribution in [1.29, 1.82) is 0 Å². The predicted molar refractivity (Wildman–Crippen MR) is 71.2 cm³/mol. The van der Waals surface area contributed by atoms with Crippen LogP contribution >= 0.6 is 11.6 Å². The van der Waals surface area contributed by atoms with Crippen molar-refractivity contribution in [3.63, 3.8) is 0 Å². The highest BCUT2D eigenvalue weighted by atomic mass is 35.5. The van der Waals surface area contributed by atoms with Gasteiger partial charge >= 0.3 is 0 Å². The third-order valence-corrected chi connectivity index (χ3v) is 4.20. The minimum Gasteiger partial charge on any atom is -0.311 e. The van der Waals surface area contributed by atoms with Crippen LogP contribution in [0.25, 0.3) is 0 Å². The maximum absolute atomic E-state index is 6.21. The number of benzene rings is 1. The highest BCUT2D eigenvalue weighted by Gasteiger charge is 2.33. The van der Waals surface area contributed by atoms with Crippen LogP contribution in [-0.2, 0) is 6.54 Å². The molecule has 2 nitrogen and oxygen atoms in total. The first-order valence-corrected chi connectivity index (χ1v) is 6.90. The van der Waals surface area contributed by atoms with Crippen molar-refractivity contribution in [3.05, 3.63) is 34.9 Å². The van der Waals surface area contributed by atoms with Crippen LogP contribution in [0.5, 0.6) is 0 Å². The largest absolute Gasteiger partial charge is 0.311 e. The Labute approximate surface area is 108 Å². The van der Waals surface area contributed by atoms with Crippen LogP contribution in [-0.4, -0.2) is 30.6 Å². The molecule has 1 aromatic carbocycles. The van der Waals surface area contributed by atoms with Crippen molar-refractivity contribution >= 4 is 11.6 Å². The summed E-state index contributed by atoms with van der Waals surface area (Å²) in [6.07, 6.45) is 2.83. The van der Waals surface area contributed by atoms with E-state index in [9.17, 15) is 0 Å². The van der Waals surface area contributed by atoms with Gasteiger partial charge in [0.15, 0.2) is 0 Å². The maximum Gasteiger partial charge on any atom is 0.0451 e. The smallest absolute Gasteiger partial charge is 0.0451 e. The molecule has 1 N–H and O–H groups in total. The van der Waals surface area contributed by atoms with Gasteiger partial charge in [0.05, 0.1) is 0 Å². The molecule has 1 saturated heterocycles. The number of nitrogens with one attached hydrogen (secondary N) is 1. The van der Waals surface area contributed by atoms with Gasteiger partial charge in [-0.2, -0.15) is 0 Å². The van der Waals surface area contributed by atoms with Crippen molar-refractivity contribution in [2.45, 2.75) is 25.4 Å². The Morgan fingerprint density at radius 3 is 2.88 bits per heavy atom. The van der Waals surface area contributed by atoms with Crippen molar-refractivity contribution in [1.82, 2.24) is 10.2 Å². The van der Waals surface area contributed by atoms with E-state index in [1.165, 1.54) is 24.9 Å². The van der Waals surface area contributed by atoms with Gasteiger partial charge in [-0.25, -0.2) is 0 Å². The lowest BCUT2D eigenvalue weighted by Crippen LogP contribution is -2.51. The van der Waals surface area contributed by atoms with Crippen molar-refractivity contribution in [2.75, 3.05) is 19.6 Å². The first kappa shape index (κ1) is 11.5. The Hall–Kier alpha value is -0.570. The fraction of sp³-hybridized carbons (Fsp3) is 0.571. The van der Waals surface area contributed by atoms with Gasteiger partial charge in [0.1, 0.15) is 0 Å². The predicted octanol–water partition coefficient (Wildman–Crippen LogP) is 2.52. The van der Waals surface area contributed by atoms with Crippen molar-refractivity contribution in [2.24, 2.45) is 5.92 Å². The molecule has 92 valence electrons. The lowest BCUT2D eigenvalue weighted by molar-refractivity contribution is 0.181. The van der Waals surface area contributed by atoms with E-state index in [0.717, 1.165) is 30.6 Å². The molecule has 2 fully saturated rings. The normalized spacial score (nSPS) is 26.1. The zero-order valence-corrected chi connectivity index (χ0v) is 10.8. The Bertz CT molecular complexity index is 390. The molecule has 1 aliphatic heterocycles. The van der Waals surface area contributed by atoms with Gasteiger partial charge in [-0.3, -0.25) is 4.90 Å². The Morgan fingerprint density at radius 2 is 2.12 bits per heavy atom. The van der Waals surface area contributed by atoms with Gasteiger partial charge in [-0.15, -0.1) is 0 Å². The van der Waals surface area contributed by atoms with Gasteiger partial charge < -0.3 is 5.32 Å². The highest BCUT2D eigenvalue weighted by molar-refractivity contribution is 6.31. The molecular weight excluding hydrogens is 232 g/mol. The molecule has 2 aliphatic rings. The van der Waals surface area contributed by atoms with Gasteiger partial charge in [0.2, 0.25) is 0 Å². The van der Waals surface area contributed by atoms with Crippen LogP contribution in [0.15, 0.2) is 24.3 Å². The molecular formula is C14H19ClN2. The van der Waals surface area contributed by atoms with E-state index in [1.807, 2.05) is 12.1 Å². The van der Waals surface area contributed by atoms with E-state index in [4.69, 9.17) is 11.6 Å². The van der Waals surface area contributed by atoms with Crippen LogP contribution < -0.4 is 5.32 Å². The Morgan fingerprint density at radius 1 is 1.29 bits per heavy atom. The van der Waals surface area contributed by atoms with E-state index in [2.05, 4.69) is 22.3 Å². The average Bonchev–Trinajstić information content (AvgIpc) is 3.17. The zero-order chi connectivity index (χ0) is 11.7. The lowest BCUT2D eigenvalue weighted by atomic mass is 10.1. The van der Waals surface area contributed by atoms with Crippen LogP contribution in [0.4, 0.5) is 0 Å². The first-order chi connectivity index (χ1) is 8.33. The first-order valence-electron chi connectivity index (χ1n) is 6.52. The van der Waals surface area contributed by atoms with Crippen LogP contribution in [0.1, 0.15) is 18.4 Å². The summed E-state index contributed by atoms with van der Waals surface area (Å²) in [7, 11) is 0. The third-order valence-electron chi connectivity index (χ3n) is 3.83. The molecule has 1 atom stereocenters. The number of hydrogen-bond donors (Lipinski definition) is 1. The summed E-state index contributed by atoms with van der Waals surface area (Å²) >= 11 is 6.21. The summed E-state index contributed by atoms with van der Waals surface area (Å²) in [6.45, 7) is 4.42. The number of rotatable bonds is 3. The van der Waals surface area contributed by atoms with Gasteiger partial charge in [0, 0.05) is 37.2 Å². The van der Waals surface area contributed by atoms with E-state index in [1.54, 1.807) is 0 Å². The summed E-state index contributed by atoms with van der Waals surface area (Å²) in [5.74, 6) is 0.934. The fourth-order valence-electron chi connectivity index (χ4n) is 2.67. The Balaban J connectivity index is 1.62. The second-order valence-electron chi connectivity index (χ2n) is 5.22. The number of halogens is 1. The fourth-order valence-corrected chi connectivity index (χ4v) is 2.86. The second-order valence-corrected chi connectivity index (χ2v) is 5.63. The number of nitrogens with zero attached hydrogens (tertiary/aromatic N) is 1. The second kappa shape index (κ2) is 4.97. The standard InChI is InChI=1S/C14H19ClN2/c15-13-4-2-1-3-12(13)9-17-8-7-16-14(10-17)11-5-6-11/h1-4,11,14,16H,5-10H2. The summed E-state index contributed by atoms with van der Waals surface area (Å²) in [5.41, 5.74) is 1.26. The molecule has 3 heteroatoms.